The van der Waals surface area contributed by atoms with Gasteiger partial charge in [-0.05, 0) is 30.5 Å². The van der Waals surface area contributed by atoms with E-state index < -0.39 is 6.10 Å². The van der Waals surface area contributed by atoms with Crippen molar-refractivity contribution in [3.63, 3.8) is 0 Å². The van der Waals surface area contributed by atoms with E-state index in [2.05, 4.69) is 15.5 Å². The first-order valence-electron chi connectivity index (χ1n) is 8.65. The lowest BCUT2D eigenvalue weighted by molar-refractivity contribution is -0.120. The molecule has 0 spiro atoms. The molecule has 0 unspecified atom stereocenters. The summed E-state index contributed by atoms with van der Waals surface area (Å²) in [5.41, 5.74) is 5.64. The highest BCUT2D eigenvalue weighted by Crippen LogP contribution is 2.21. The molecule has 0 aliphatic heterocycles. The zero-order valence-corrected chi connectivity index (χ0v) is 15.0. The van der Waals surface area contributed by atoms with Gasteiger partial charge in [0.25, 0.3) is 0 Å². The molecule has 3 aromatic rings. The minimum absolute atomic E-state index is 0.127. The van der Waals surface area contributed by atoms with E-state index >= 15 is 0 Å². The van der Waals surface area contributed by atoms with Gasteiger partial charge in [-0.15, -0.1) is 0 Å². The SMILES string of the molecule is Cc1n[nH]c(C)c1CC(=O)NC[C@@H](O)c1ccc(-c2ccccc2)cc1. The second-order valence-electron chi connectivity index (χ2n) is 6.40. The molecular weight excluding hydrogens is 326 g/mol. The maximum Gasteiger partial charge on any atom is 0.224 e. The molecular formula is C21H23N3O2. The van der Waals surface area contributed by atoms with Crippen LogP contribution in [-0.4, -0.2) is 27.8 Å². The van der Waals surface area contributed by atoms with Crippen LogP contribution in [0, 0.1) is 13.8 Å². The number of carbonyl (C=O) groups excluding carboxylic acids is 1. The van der Waals surface area contributed by atoms with Gasteiger partial charge in [0.15, 0.2) is 0 Å². The molecule has 0 saturated carbocycles. The summed E-state index contributed by atoms with van der Waals surface area (Å²) in [4.78, 5) is 12.1. The molecule has 0 aliphatic carbocycles. The zero-order valence-electron chi connectivity index (χ0n) is 15.0. The summed E-state index contributed by atoms with van der Waals surface area (Å²) >= 11 is 0. The Kier molecular flexibility index (Phi) is 5.49. The molecule has 1 atom stereocenters. The van der Waals surface area contributed by atoms with E-state index in [1.54, 1.807) is 0 Å². The van der Waals surface area contributed by atoms with Crippen molar-refractivity contribution in [1.82, 2.24) is 15.5 Å². The summed E-state index contributed by atoms with van der Waals surface area (Å²) in [5.74, 6) is -0.127. The van der Waals surface area contributed by atoms with Crippen molar-refractivity contribution < 1.29 is 9.90 Å². The number of H-pyrrole nitrogens is 1. The summed E-state index contributed by atoms with van der Waals surface area (Å²) in [7, 11) is 0. The molecule has 1 heterocycles. The number of aromatic nitrogens is 2. The van der Waals surface area contributed by atoms with Crippen molar-refractivity contribution in [2.75, 3.05) is 6.54 Å². The molecule has 5 nitrogen and oxygen atoms in total. The number of benzene rings is 2. The smallest absolute Gasteiger partial charge is 0.224 e. The largest absolute Gasteiger partial charge is 0.387 e. The Balaban J connectivity index is 1.56. The van der Waals surface area contributed by atoms with Crippen LogP contribution in [0.4, 0.5) is 0 Å². The fourth-order valence-corrected chi connectivity index (χ4v) is 2.91. The Bertz CT molecular complexity index is 851. The number of aliphatic hydroxyl groups excluding tert-OH is 1. The Morgan fingerprint density at radius 2 is 1.73 bits per heavy atom. The van der Waals surface area contributed by atoms with Gasteiger partial charge < -0.3 is 10.4 Å². The maximum atomic E-state index is 12.1. The lowest BCUT2D eigenvalue weighted by atomic mass is 10.0. The number of carbonyl (C=O) groups is 1. The Hall–Kier alpha value is -2.92. The number of hydrogen-bond donors (Lipinski definition) is 3. The number of aryl methyl sites for hydroxylation is 2. The third kappa shape index (κ3) is 4.18. The summed E-state index contributed by atoms with van der Waals surface area (Å²) in [6, 6.07) is 17.8. The molecule has 134 valence electrons. The van der Waals surface area contributed by atoms with Crippen molar-refractivity contribution in [3.05, 3.63) is 77.1 Å². The third-order valence-electron chi connectivity index (χ3n) is 4.51. The van der Waals surface area contributed by atoms with Gasteiger partial charge in [-0.3, -0.25) is 9.89 Å². The van der Waals surface area contributed by atoms with Crippen LogP contribution >= 0.6 is 0 Å². The molecule has 2 aromatic carbocycles. The van der Waals surface area contributed by atoms with Crippen molar-refractivity contribution >= 4 is 5.91 Å². The molecule has 0 fully saturated rings. The van der Waals surface area contributed by atoms with Gasteiger partial charge in [0.2, 0.25) is 5.91 Å². The lowest BCUT2D eigenvalue weighted by Gasteiger charge is -2.13. The highest BCUT2D eigenvalue weighted by Gasteiger charge is 2.13. The van der Waals surface area contributed by atoms with Crippen LogP contribution in [0.1, 0.15) is 28.6 Å². The molecule has 1 amide bonds. The quantitative estimate of drug-likeness (QED) is 0.640. The first-order chi connectivity index (χ1) is 12.5. The summed E-state index contributed by atoms with van der Waals surface area (Å²) in [6.07, 6.45) is -0.483. The predicted molar refractivity (Wildman–Crippen MR) is 102 cm³/mol. The van der Waals surface area contributed by atoms with Crippen LogP contribution in [0.3, 0.4) is 0 Å². The van der Waals surface area contributed by atoms with Crippen LogP contribution in [0.25, 0.3) is 11.1 Å². The van der Waals surface area contributed by atoms with Crippen LogP contribution < -0.4 is 5.32 Å². The van der Waals surface area contributed by atoms with Gasteiger partial charge in [0, 0.05) is 17.8 Å². The van der Waals surface area contributed by atoms with Crippen LogP contribution in [0.2, 0.25) is 0 Å². The van der Waals surface area contributed by atoms with Crippen LogP contribution in [0.15, 0.2) is 54.6 Å². The second-order valence-corrected chi connectivity index (χ2v) is 6.40. The number of aromatic amines is 1. The van der Waals surface area contributed by atoms with E-state index in [1.807, 2.05) is 68.4 Å². The average molecular weight is 349 g/mol. The number of hydrogen-bond acceptors (Lipinski definition) is 3. The number of aliphatic hydroxyl groups is 1. The maximum absolute atomic E-state index is 12.1. The molecule has 0 radical (unpaired) electrons. The van der Waals surface area contributed by atoms with E-state index in [0.29, 0.717) is 0 Å². The van der Waals surface area contributed by atoms with Gasteiger partial charge in [0.05, 0.1) is 18.2 Å². The standard InChI is InChI=1S/C21H23N3O2/c1-14-19(15(2)24-23-14)12-21(26)22-13-20(25)18-10-8-17(9-11-18)16-6-4-3-5-7-16/h3-11,20,25H,12-13H2,1-2H3,(H,22,26)(H,23,24)/t20-/m1/s1. The molecule has 3 N–H and O–H groups in total. The lowest BCUT2D eigenvalue weighted by Crippen LogP contribution is -2.29. The van der Waals surface area contributed by atoms with Crippen molar-refractivity contribution in [3.8, 4) is 11.1 Å². The van der Waals surface area contributed by atoms with Gasteiger partial charge in [-0.2, -0.15) is 5.10 Å². The first kappa shape index (κ1) is 17.9. The second kappa shape index (κ2) is 7.97. The van der Waals surface area contributed by atoms with E-state index in [0.717, 1.165) is 33.6 Å². The van der Waals surface area contributed by atoms with Gasteiger partial charge in [0.1, 0.15) is 0 Å². The van der Waals surface area contributed by atoms with E-state index in [1.165, 1.54) is 0 Å². The summed E-state index contributed by atoms with van der Waals surface area (Å²) in [5, 5.41) is 20.1. The minimum Gasteiger partial charge on any atom is -0.387 e. The molecule has 0 saturated heterocycles. The third-order valence-corrected chi connectivity index (χ3v) is 4.51. The summed E-state index contributed by atoms with van der Waals surface area (Å²) < 4.78 is 0. The first-order valence-corrected chi connectivity index (χ1v) is 8.65. The Morgan fingerprint density at radius 1 is 1.08 bits per heavy atom. The Morgan fingerprint density at radius 3 is 2.35 bits per heavy atom. The number of nitrogens with zero attached hydrogens (tertiary/aromatic N) is 1. The van der Waals surface area contributed by atoms with Gasteiger partial charge >= 0.3 is 0 Å². The van der Waals surface area contributed by atoms with Crippen molar-refractivity contribution in [1.29, 1.82) is 0 Å². The van der Waals surface area contributed by atoms with E-state index in [4.69, 9.17) is 0 Å². The zero-order chi connectivity index (χ0) is 18.5. The molecule has 26 heavy (non-hydrogen) atoms. The molecule has 1 aromatic heterocycles. The number of rotatable bonds is 6. The fraction of sp³-hybridized carbons (Fsp3) is 0.238. The highest BCUT2D eigenvalue weighted by atomic mass is 16.3. The van der Waals surface area contributed by atoms with E-state index in [-0.39, 0.29) is 18.9 Å². The van der Waals surface area contributed by atoms with Gasteiger partial charge in [-0.1, -0.05) is 54.6 Å². The van der Waals surface area contributed by atoms with Crippen LogP contribution in [0.5, 0.6) is 0 Å². The predicted octanol–water partition coefficient (Wildman–Crippen LogP) is 3.09. The monoisotopic (exact) mass is 349 g/mol. The molecule has 0 aliphatic rings. The normalized spacial score (nSPS) is 12.0. The molecule has 5 heteroatoms. The Labute approximate surface area is 153 Å². The number of amides is 1. The fourth-order valence-electron chi connectivity index (χ4n) is 2.91. The number of nitrogens with one attached hydrogen (secondary N) is 2. The van der Waals surface area contributed by atoms with Crippen LogP contribution in [-0.2, 0) is 11.2 Å². The molecule has 3 rings (SSSR count). The van der Waals surface area contributed by atoms with Crippen molar-refractivity contribution in [2.45, 2.75) is 26.4 Å². The van der Waals surface area contributed by atoms with E-state index in [9.17, 15) is 9.90 Å². The summed E-state index contributed by atoms with van der Waals surface area (Å²) in [6.45, 7) is 3.94. The topological polar surface area (TPSA) is 78.0 Å². The average Bonchev–Trinajstić information content (AvgIpc) is 2.99. The highest BCUT2D eigenvalue weighted by molar-refractivity contribution is 5.79. The molecule has 0 bridgehead atoms. The van der Waals surface area contributed by atoms with Gasteiger partial charge in [-0.25, -0.2) is 0 Å². The van der Waals surface area contributed by atoms with Crippen molar-refractivity contribution in [2.24, 2.45) is 0 Å². The minimum atomic E-state index is -0.740.